The first-order valence-electron chi connectivity index (χ1n) is 10.2. The van der Waals surface area contributed by atoms with E-state index in [-0.39, 0.29) is 17.9 Å². The number of benzene rings is 1. The second-order valence-electron chi connectivity index (χ2n) is 8.75. The highest BCUT2D eigenvalue weighted by atomic mass is 16.5. The lowest BCUT2D eigenvalue weighted by molar-refractivity contribution is -0.166. The predicted molar refractivity (Wildman–Crippen MR) is 106 cm³/mol. The van der Waals surface area contributed by atoms with E-state index in [9.17, 15) is 9.90 Å². The van der Waals surface area contributed by atoms with Crippen molar-refractivity contribution >= 4 is 16.9 Å². The highest BCUT2D eigenvalue weighted by Crippen LogP contribution is 2.55. The molecule has 1 saturated carbocycles. The molecule has 3 aliphatic heterocycles. The highest BCUT2D eigenvalue weighted by molar-refractivity contribution is 5.92. The fourth-order valence-corrected chi connectivity index (χ4v) is 6.38. The van der Waals surface area contributed by atoms with E-state index in [1.165, 1.54) is 12.7 Å². The summed E-state index contributed by atoms with van der Waals surface area (Å²) in [6, 6.07) is 5.99. The van der Waals surface area contributed by atoms with E-state index in [0.717, 1.165) is 54.7 Å². The first kappa shape index (κ1) is 18.0. The molecule has 2 saturated heterocycles. The Kier molecular flexibility index (Phi) is 4.00. The quantitative estimate of drug-likeness (QED) is 0.794. The van der Waals surface area contributed by atoms with E-state index in [1.807, 2.05) is 19.1 Å². The molecule has 1 aromatic heterocycles. The maximum absolute atomic E-state index is 13.4. The molecule has 28 heavy (non-hydrogen) atoms. The molecule has 1 aromatic carbocycles. The van der Waals surface area contributed by atoms with Gasteiger partial charge in [-0.1, -0.05) is 0 Å². The van der Waals surface area contributed by atoms with Crippen molar-refractivity contribution in [3.05, 3.63) is 29.5 Å². The average molecular weight is 384 g/mol. The van der Waals surface area contributed by atoms with Crippen LogP contribution in [0.25, 0.3) is 10.9 Å². The van der Waals surface area contributed by atoms with Crippen LogP contribution in [0.3, 0.4) is 0 Å². The molecule has 150 valence electrons. The molecule has 6 nitrogen and oxygen atoms in total. The van der Waals surface area contributed by atoms with Gasteiger partial charge in [0.05, 0.1) is 20.3 Å². The van der Waals surface area contributed by atoms with Crippen LogP contribution in [0.5, 0.6) is 5.75 Å². The lowest BCUT2D eigenvalue weighted by Crippen LogP contribution is -2.68. The standard InChI is InChI=1S/C22H28N2O4/c1-12(25)16-8-13-10-22(21(26)28-3)19-15(6-7-24(11-13)20(16)22)17-9-14(27-2)4-5-18(17)23-19/h4-5,9,12-13,16,20,23,25H,6-8,10-11H2,1-3H3/t12?,13-,16?,20-,22+/m0/s1. The number of carbonyl (C=O) groups excluding carboxylic acids is 1. The first-order valence-corrected chi connectivity index (χ1v) is 10.2. The number of esters is 1. The van der Waals surface area contributed by atoms with Gasteiger partial charge in [-0.3, -0.25) is 9.69 Å². The molecule has 3 unspecified atom stereocenters. The number of methoxy groups -OCH3 is 2. The van der Waals surface area contributed by atoms with Crippen molar-refractivity contribution in [3.63, 3.8) is 0 Å². The van der Waals surface area contributed by atoms with Gasteiger partial charge in [-0.15, -0.1) is 0 Å². The van der Waals surface area contributed by atoms with Crippen LogP contribution in [0.4, 0.5) is 0 Å². The summed E-state index contributed by atoms with van der Waals surface area (Å²) in [5.74, 6) is 1.09. The highest BCUT2D eigenvalue weighted by Gasteiger charge is 2.63. The molecule has 1 aliphatic carbocycles. The van der Waals surface area contributed by atoms with Crippen LogP contribution in [0.2, 0.25) is 0 Å². The molecule has 6 heteroatoms. The summed E-state index contributed by atoms with van der Waals surface area (Å²) in [6.45, 7) is 3.75. The summed E-state index contributed by atoms with van der Waals surface area (Å²) in [4.78, 5) is 19.4. The van der Waals surface area contributed by atoms with Gasteiger partial charge in [-0.25, -0.2) is 0 Å². The molecular formula is C22H28N2O4. The molecule has 0 amide bonds. The topological polar surface area (TPSA) is 74.8 Å². The zero-order valence-corrected chi connectivity index (χ0v) is 16.7. The lowest BCUT2D eigenvalue weighted by Gasteiger charge is -2.58. The molecule has 4 heterocycles. The van der Waals surface area contributed by atoms with Crippen LogP contribution >= 0.6 is 0 Å². The lowest BCUT2D eigenvalue weighted by atomic mass is 9.56. The Bertz CT molecular complexity index is 936. The summed E-state index contributed by atoms with van der Waals surface area (Å²) in [6.07, 6.45) is 2.17. The van der Waals surface area contributed by atoms with Gasteiger partial charge in [-0.2, -0.15) is 0 Å². The van der Waals surface area contributed by atoms with E-state index < -0.39 is 11.5 Å². The molecule has 4 aliphatic rings. The van der Waals surface area contributed by atoms with Crippen molar-refractivity contribution in [3.8, 4) is 5.75 Å². The minimum Gasteiger partial charge on any atom is -0.497 e. The summed E-state index contributed by atoms with van der Waals surface area (Å²) in [5.41, 5.74) is 2.46. The predicted octanol–water partition coefficient (Wildman–Crippen LogP) is 2.23. The Morgan fingerprint density at radius 3 is 2.93 bits per heavy atom. The number of aliphatic hydroxyl groups excluding tert-OH is 1. The van der Waals surface area contributed by atoms with E-state index in [4.69, 9.17) is 9.47 Å². The summed E-state index contributed by atoms with van der Waals surface area (Å²) in [7, 11) is 3.16. The van der Waals surface area contributed by atoms with Gasteiger partial charge < -0.3 is 19.6 Å². The minimum atomic E-state index is -0.754. The third-order valence-corrected chi connectivity index (χ3v) is 7.39. The van der Waals surface area contributed by atoms with Crippen LogP contribution in [0.1, 0.15) is 31.0 Å². The van der Waals surface area contributed by atoms with Gasteiger partial charge >= 0.3 is 5.97 Å². The van der Waals surface area contributed by atoms with Crippen LogP contribution < -0.4 is 4.74 Å². The van der Waals surface area contributed by atoms with E-state index in [2.05, 4.69) is 16.0 Å². The van der Waals surface area contributed by atoms with Crippen molar-refractivity contribution in [1.82, 2.24) is 9.88 Å². The van der Waals surface area contributed by atoms with Crippen LogP contribution in [-0.2, 0) is 21.4 Å². The number of aromatic amines is 1. The molecular weight excluding hydrogens is 356 g/mol. The largest absolute Gasteiger partial charge is 0.497 e. The number of H-pyrrole nitrogens is 1. The van der Waals surface area contributed by atoms with Crippen molar-refractivity contribution in [2.75, 3.05) is 27.3 Å². The van der Waals surface area contributed by atoms with Crippen molar-refractivity contribution in [1.29, 1.82) is 0 Å². The van der Waals surface area contributed by atoms with E-state index >= 15 is 0 Å². The molecule has 3 fully saturated rings. The number of aliphatic hydroxyl groups is 1. The molecule has 2 aromatic rings. The van der Waals surface area contributed by atoms with Gasteiger partial charge in [0.15, 0.2) is 0 Å². The zero-order valence-electron chi connectivity index (χ0n) is 16.7. The number of ether oxygens (including phenoxy) is 2. The Hall–Kier alpha value is -2.05. The number of piperidine rings is 2. The second kappa shape index (κ2) is 6.22. The van der Waals surface area contributed by atoms with Gasteiger partial charge in [0.2, 0.25) is 0 Å². The third-order valence-electron chi connectivity index (χ3n) is 7.39. The normalized spacial score (nSPS) is 34.6. The number of rotatable bonds is 3. The number of carbonyl (C=O) groups is 1. The molecule has 6 atom stereocenters. The monoisotopic (exact) mass is 384 g/mol. The van der Waals surface area contributed by atoms with Crippen LogP contribution in [0, 0.1) is 11.8 Å². The Labute approximate surface area is 164 Å². The number of hydrogen-bond acceptors (Lipinski definition) is 5. The summed E-state index contributed by atoms with van der Waals surface area (Å²) in [5, 5.41) is 11.7. The fraction of sp³-hybridized carbons (Fsp3) is 0.591. The van der Waals surface area contributed by atoms with Crippen LogP contribution in [0.15, 0.2) is 18.2 Å². The smallest absolute Gasteiger partial charge is 0.319 e. The van der Waals surface area contributed by atoms with E-state index in [0.29, 0.717) is 5.92 Å². The van der Waals surface area contributed by atoms with Gasteiger partial charge in [0, 0.05) is 41.6 Å². The summed E-state index contributed by atoms with van der Waals surface area (Å²) >= 11 is 0. The maximum atomic E-state index is 13.4. The Morgan fingerprint density at radius 2 is 2.21 bits per heavy atom. The summed E-state index contributed by atoms with van der Waals surface area (Å²) < 4.78 is 10.9. The first-order chi connectivity index (χ1) is 13.5. The van der Waals surface area contributed by atoms with Crippen molar-refractivity contribution < 1.29 is 19.4 Å². The minimum absolute atomic E-state index is 0.0406. The van der Waals surface area contributed by atoms with Gasteiger partial charge in [-0.05, 0) is 55.9 Å². The maximum Gasteiger partial charge on any atom is 0.319 e. The second-order valence-corrected chi connectivity index (χ2v) is 8.75. The third kappa shape index (κ3) is 2.25. The molecule has 4 bridgehead atoms. The fourth-order valence-electron chi connectivity index (χ4n) is 6.38. The van der Waals surface area contributed by atoms with Crippen molar-refractivity contribution in [2.45, 2.75) is 43.7 Å². The number of hydrogen-bond donors (Lipinski definition) is 2. The Balaban J connectivity index is 1.78. The SMILES string of the molecule is COC(=O)[C@@]12C[C@@H]3CC(C(C)O)[C@@H]1N(CCc1c2[nH]c2ccc(OC)cc12)C3. The molecule has 6 rings (SSSR count). The average Bonchev–Trinajstić information content (AvgIpc) is 3.04. The number of aromatic nitrogens is 1. The number of fused-ring (bicyclic) bond motifs is 4. The molecule has 2 N–H and O–H groups in total. The molecule has 0 spiro atoms. The van der Waals surface area contributed by atoms with Gasteiger partial charge in [0.25, 0.3) is 0 Å². The number of nitrogens with one attached hydrogen (secondary N) is 1. The Morgan fingerprint density at radius 1 is 1.39 bits per heavy atom. The zero-order chi connectivity index (χ0) is 19.6. The molecule has 0 radical (unpaired) electrons. The number of nitrogens with zero attached hydrogens (tertiary/aromatic N) is 1. The van der Waals surface area contributed by atoms with Crippen LogP contribution in [-0.4, -0.2) is 60.4 Å². The van der Waals surface area contributed by atoms with E-state index in [1.54, 1.807) is 7.11 Å². The van der Waals surface area contributed by atoms with Crippen molar-refractivity contribution in [2.24, 2.45) is 11.8 Å². The van der Waals surface area contributed by atoms with Gasteiger partial charge in [0.1, 0.15) is 11.2 Å².